The van der Waals surface area contributed by atoms with Gasteiger partial charge >= 0.3 is 0 Å². The van der Waals surface area contributed by atoms with Crippen LogP contribution in [0.15, 0.2) is 77.9 Å². The van der Waals surface area contributed by atoms with Gasteiger partial charge in [0.05, 0.1) is 25.0 Å². The number of nitrogens with zero attached hydrogens (tertiary/aromatic N) is 2. The highest BCUT2D eigenvalue weighted by Crippen LogP contribution is 2.47. The molecule has 3 aromatic carbocycles. The Balaban J connectivity index is 1.36. The molecule has 0 spiro atoms. The summed E-state index contributed by atoms with van der Waals surface area (Å²) < 4.78 is 18.0. The largest absolute Gasteiger partial charge is 0.494 e. The van der Waals surface area contributed by atoms with E-state index in [4.69, 9.17) is 19.3 Å². The minimum atomic E-state index is -0.284. The van der Waals surface area contributed by atoms with Crippen LogP contribution in [0.4, 0.5) is 0 Å². The van der Waals surface area contributed by atoms with Crippen LogP contribution < -0.4 is 14.2 Å². The Hall–Kier alpha value is -3.47. The molecule has 2 aliphatic heterocycles. The zero-order chi connectivity index (χ0) is 24.0. The quantitative estimate of drug-likeness (QED) is 0.292. The number of hydrogen-bond donors (Lipinski definition) is 0. The van der Waals surface area contributed by atoms with Crippen molar-refractivity contribution in [2.75, 3.05) is 13.2 Å². The van der Waals surface area contributed by atoms with Crippen LogP contribution in [0.5, 0.6) is 17.2 Å². The molecular weight excluding hydrogens is 436 g/mol. The van der Waals surface area contributed by atoms with Gasteiger partial charge in [0.2, 0.25) is 6.23 Å². The molecule has 2 heterocycles. The maximum atomic E-state index is 6.49. The first-order chi connectivity index (χ1) is 17.3. The topological polar surface area (TPSA) is 43.3 Å². The Morgan fingerprint density at radius 2 is 1.60 bits per heavy atom. The fourth-order valence-electron chi connectivity index (χ4n) is 4.79. The van der Waals surface area contributed by atoms with Gasteiger partial charge in [-0.2, -0.15) is 5.10 Å². The molecule has 5 rings (SSSR count). The fourth-order valence-corrected chi connectivity index (χ4v) is 4.79. The molecule has 5 heteroatoms. The Kier molecular flexibility index (Phi) is 7.22. The van der Waals surface area contributed by atoms with Crippen LogP contribution in [-0.4, -0.2) is 23.9 Å². The Bertz CT molecular complexity index is 1140. The maximum Gasteiger partial charge on any atom is 0.213 e. The number of hydrazone groups is 1. The Morgan fingerprint density at radius 1 is 0.857 bits per heavy atom. The lowest BCUT2D eigenvalue weighted by molar-refractivity contribution is -0.0190. The molecule has 5 nitrogen and oxygen atoms in total. The van der Waals surface area contributed by atoms with E-state index in [2.05, 4.69) is 54.4 Å². The van der Waals surface area contributed by atoms with E-state index in [0.717, 1.165) is 53.5 Å². The monoisotopic (exact) mass is 470 g/mol. The molecule has 0 saturated heterocycles. The summed E-state index contributed by atoms with van der Waals surface area (Å²) in [5.41, 5.74) is 4.43. The van der Waals surface area contributed by atoms with Crippen LogP contribution >= 0.6 is 0 Å². The van der Waals surface area contributed by atoms with Crippen molar-refractivity contribution in [1.29, 1.82) is 0 Å². The average molecular weight is 471 g/mol. The number of unbranched alkanes of at least 4 members (excludes halogenated alkanes) is 3. The normalized spacial score (nSPS) is 18.3. The molecule has 0 amide bonds. The fraction of sp³-hybridized carbons (Fsp3) is 0.367. The third kappa shape index (κ3) is 5.14. The standard InChI is InChI=1S/C30H34N2O3/c1-3-5-6-9-20-34-25-18-14-23(15-19-25)30-32-28(26-10-7-8-11-29(26)35-30)21-27(31-32)22-12-16-24(17-13-22)33-4-2/h7-8,10-19,28,30H,3-6,9,20-21H2,1-2H3/t28-,30-/m0/s1. The number of fused-ring (bicyclic) bond motifs is 3. The molecule has 0 unspecified atom stereocenters. The minimum Gasteiger partial charge on any atom is -0.494 e. The van der Waals surface area contributed by atoms with E-state index >= 15 is 0 Å². The predicted octanol–water partition coefficient (Wildman–Crippen LogP) is 7.29. The van der Waals surface area contributed by atoms with Gasteiger partial charge in [0.1, 0.15) is 17.2 Å². The molecule has 0 N–H and O–H groups in total. The first kappa shape index (κ1) is 23.3. The highest BCUT2D eigenvalue weighted by molar-refractivity contribution is 6.02. The zero-order valence-corrected chi connectivity index (χ0v) is 20.7. The molecule has 0 saturated carbocycles. The second-order valence-electron chi connectivity index (χ2n) is 9.09. The van der Waals surface area contributed by atoms with E-state index in [-0.39, 0.29) is 12.3 Å². The van der Waals surface area contributed by atoms with E-state index in [9.17, 15) is 0 Å². The van der Waals surface area contributed by atoms with Gasteiger partial charge in [0, 0.05) is 17.5 Å². The SMILES string of the molecule is CCCCCCOc1ccc([C@@H]2Oc3ccccc3[C@@H]3CC(c4ccc(OCC)cc4)=NN32)cc1. The summed E-state index contributed by atoms with van der Waals surface area (Å²) in [7, 11) is 0. The van der Waals surface area contributed by atoms with Gasteiger partial charge in [-0.15, -0.1) is 0 Å². The average Bonchev–Trinajstić information content (AvgIpc) is 3.35. The van der Waals surface area contributed by atoms with Gasteiger partial charge in [-0.1, -0.05) is 44.4 Å². The molecule has 2 atom stereocenters. The lowest BCUT2D eigenvalue weighted by Gasteiger charge is -2.38. The number of para-hydroxylation sites is 1. The van der Waals surface area contributed by atoms with Gasteiger partial charge < -0.3 is 14.2 Å². The summed E-state index contributed by atoms with van der Waals surface area (Å²) in [5, 5.41) is 7.19. The predicted molar refractivity (Wildman–Crippen MR) is 139 cm³/mol. The van der Waals surface area contributed by atoms with E-state index in [0.29, 0.717) is 6.61 Å². The summed E-state index contributed by atoms with van der Waals surface area (Å²) in [6.45, 7) is 5.64. The van der Waals surface area contributed by atoms with Gasteiger partial charge in [-0.25, -0.2) is 5.01 Å². The maximum absolute atomic E-state index is 6.49. The van der Waals surface area contributed by atoms with Crippen LogP contribution in [0.3, 0.4) is 0 Å². The van der Waals surface area contributed by atoms with Crippen LogP contribution in [0, 0.1) is 0 Å². The summed E-state index contributed by atoms with van der Waals surface area (Å²) in [6, 6.07) is 25.0. The minimum absolute atomic E-state index is 0.140. The number of benzene rings is 3. The summed E-state index contributed by atoms with van der Waals surface area (Å²) in [4.78, 5) is 0. The molecule has 0 aromatic heterocycles. The number of hydrogen-bond acceptors (Lipinski definition) is 5. The molecule has 35 heavy (non-hydrogen) atoms. The lowest BCUT2D eigenvalue weighted by Crippen LogP contribution is -2.33. The van der Waals surface area contributed by atoms with Gasteiger partial charge in [0.15, 0.2) is 0 Å². The first-order valence-corrected chi connectivity index (χ1v) is 12.8. The molecule has 0 aliphatic carbocycles. The molecular formula is C30H34N2O3. The smallest absolute Gasteiger partial charge is 0.213 e. The first-order valence-electron chi connectivity index (χ1n) is 12.8. The van der Waals surface area contributed by atoms with Crippen LogP contribution in [0.25, 0.3) is 0 Å². The third-order valence-electron chi connectivity index (χ3n) is 6.63. The summed E-state index contributed by atoms with van der Waals surface area (Å²) >= 11 is 0. The van der Waals surface area contributed by atoms with E-state index in [1.807, 2.05) is 37.3 Å². The Morgan fingerprint density at radius 3 is 2.37 bits per heavy atom. The van der Waals surface area contributed by atoms with Crippen molar-refractivity contribution in [3.8, 4) is 17.2 Å². The number of ether oxygens (including phenoxy) is 3. The van der Waals surface area contributed by atoms with Gasteiger partial charge in [-0.3, -0.25) is 0 Å². The molecule has 0 fully saturated rings. The van der Waals surface area contributed by atoms with E-state index < -0.39 is 0 Å². The van der Waals surface area contributed by atoms with Crippen LogP contribution in [-0.2, 0) is 0 Å². The highest BCUT2D eigenvalue weighted by Gasteiger charge is 2.40. The van der Waals surface area contributed by atoms with Gasteiger partial charge in [0.25, 0.3) is 0 Å². The molecule has 182 valence electrons. The van der Waals surface area contributed by atoms with Crippen molar-refractivity contribution in [3.63, 3.8) is 0 Å². The summed E-state index contributed by atoms with van der Waals surface area (Å²) in [5.74, 6) is 2.71. The van der Waals surface area contributed by atoms with E-state index in [1.54, 1.807) is 0 Å². The molecule has 3 aromatic rings. The van der Waals surface area contributed by atoms with Crippen molar-refractivity contribution >= 4 is 5.71 Å². The van der Waals surface area contributed by atoms with Crippen LogP contribution in [0.2, 0.25) is 0 Å². The summed E-state index contributed by atoms with van der Waals surface area (Å²) in [6.07, 6.45) is 5.36. The van der Waals surface area contributed by atoms with Crippen molar-refractivity contribution in [3.05, 3.63) is 89.5 Å². The lowest BCUT2D eigenvalue weighted by atomic mass is 9.96. The molecule has 0 bridgehead atoms. The van der Waals surface area contributed by atoms with Crippen molar-refractivity contribution in [2.45, 2.75) is 58.2 Å². The molecule has 2 aliphatic rings. The number of rotatable bonds is 10. The van der Waals surface area contributed by atoms with Crippen molar-refractivity contribution in [1.82, 2.24) is 5.01 Å². The third-order valence-corrected chi connectivity index (χ3v) is 6.63. The van der Waals surface area contributed by atoms with Crippen molar-refractivity contribution in [2.24, 2.45) is 5.10 Å². The highest BCUT2D eigenvalue weighted by atomic mass is 16.5. The zero-order valence-electron chi connectivity index (χ0n) is 20.7. The second kappa shape index (κ2) is 10.9. The second-order valence-corrected chi connectivity index (χ2v) is 9.09. The van der Waals surface area contributed by atoms with Gasteiger partial charge in [-0.05, 0) is 73.5 Å². The van der Waals surface area contributed by atoms with Crippen LogP contribution in [0.1, 0.15) is 74.9 Å². The molecule has 0 radical (unpaired) electrons. The van der Waals surface area contributed by atoms with E-state index in [1.165, 1.54) is 24.8 Å². The Labute approximate surface area is 208 Å². The van der Waals surface area contributed by atoms with Crippen molar-refractivity contribution < 1.29 is 14.2 Å².